The number of nitrogens with zero attached hydrogens (tertiary/aromatic N) is 1. The van der Waals surface area contributed by atoms with Crippen LogP contribution in [0.1, 0.15) is 17.3 Å². The van der Waals surface area contributed by atoms with Gasteiger partial charge in [0.05, 0.1) is 24.3 Å². The van der Waals surface area contributed by atoms with Gasteiger partial charge in [-0.15, -0.1) is 0 Å². The summed E-state index contributed by atoms with van der Waals surface area (Å²) in [4.78, 5) is 13.6. The van der Waals surface area contributed by atoms with E-state index in [0.29, 0.717) is 0 Å². The van der Waals surface area contributed by atoms with Crippen LogP contribution < -0.4 is 5.73 Å². The first kappa shape index (κ1) is 14.8. The molecule has 0 radical (unpaired) electrons. The first-order valence-corrected chi connectivity index (χ1v) is 6.21. The third-order valence-corrected chi connectivity index (χ3v) is 3.29. The highest BCUT2D eigenvalue weighted by Crippen LogP contribution is 2.20. The molecule has 2 N–H and O–H groups in total. The quantitative estimate of drug-likeness (QED) is 0.834. The minimum absolute atomic E-state index is 0.189. The molecule has 0 saturated carbocycles. The third kappa shape index (κ3) is 2.64. The number of ether oxygens (including phenoxy) is 1. The Balaban J connectivity index is 2.28. The summed E-state index contributed by atoms with van der Waals surface area (Å²) in [5, 5.41) is 0. The van der Waals surface area contributed by atoms with E-state index in [0.717, 1.165) is 12.1 Å². The van der Waals surface area contributed by atoms with Crippen molar-refractivity contribution in [3.8, 4) is 0 Å². The van der Waals surface area contributed by atoms with Crippen molar-refractivity contribution < 1.29 is 22.7 Å². The molecule has 1 fully saturated rings. The number of carbonyl (C=O) groups is 1. The van der Waals surface area contributed by atoms with E-state index in [4.69, 9.17) is 10.5 Å². The fourth-order valence-corrected chi connectivity index (χ4v) is 2.09. The van der Waals surface area contributed by atoms with Gasteiger partial charge < -0.3 is 15.4 Å². The SMILES string of the molecule is CC1COC(CN)CN1C(=O)c1ccc(F)c(F)c1F. The van der Waals surface area contributed by atoms with Crippen molar-refractivity contribution in [3.05, 3.63) is 35.1 Å². The molecule has 20 heavy (non-hydrogen) atoms. The third-order valence-electron chi connectivity index (χ3n) is 3.29. The van der Waals surface area contributed by atoms with Gasteiger partial charge in [-0.05, 0) is 19.1 Å². The van der Waals surface area contributed by atoms with Crippen molar-refractivity contribution in [3.63, 3.8) is 0 Å². The summed E-state index contributed by atoms with van der Waals surface area (Å²) in [6.07, 6.45) is -0.344. The van der Waals surface area contributed by atoms with Crippen LogP contribution >= 0.6 is 0 Å². The number of nitrogens with two attached hydrogens (primary N) is 1. The van der Waals surface area contributed by atoms with Gasteiger partial charge in [0.2, 0.25) is 0 Å². The van der Waals surface area contributed by atoms with Crippen molar-refractivity contribution >= 4 is 5.91 Å². The second kappa shape index (κ2) is 5.80. The number of morpholine rings is 1. The molecule has 110 valence electrons. The lowest BCUT2D eigenvalue weighted by Gasteiger charge is -2.37. The fourth-order valence-electron chi connectivity index (χ4n) is 2.09. The molecule has 0 aliphatic carbocycles. The molecule has 1 aliphatic heterocycles. The zero-order chi connectivity index (χ0) is 14.9. The van der Waals surface area contributed by atoms with Crippen LogP contribution in [0.15, 0.2) is 12.1 Å². The predicted octanol–water partition coefficient (Wildman–Crippen LogP) is 1.29. The van der Waals surface area contributed by atoms with Gasteiger partial charge >= 0.3 is 0 Å². The van der Waals surface area contributed by atoms with Crippen molar-refractivity contribution in [1.29, 1.82) is 0 Å². The first-order chi connectivity index (χ1) is 9.45. The van der Waals surface area contributed by atoms with Crippen LogP contribution in [0.2, 0.25) is 0 Å². The van der Waals surface area contributed by atoms with E-state index in [-0.39, 0.29) is 31.8 Å². The van der Waals surface area contributed by atoms with Crippen LogP contribution in [0, 0.1) is 17.5 Å². The standard InChI is InChI=1S/C13H15F3N2O2/c1-7-6-20-8(4-17)5-18(7)13(19)9-2-3-10(14)12(16)11(9)15/h2-3,7-8H,4-6,17H2,1H3. The van der Waals surface area contributed by atoms with Gasteiger partial charge in [-0.2, -0.15) is 0 Å². The van der Waals surface area contributed by atoms with Crippen molar-refractivity contribution in [1.82, 2.24) is 4.90 Å². The van der Waals surface area contributed by atoms with E-state index in [9.17, 15) is 18.0 Å². The summed E-state index contributed by atoms with van der Waals surface area (Å²) < 4.78 is 45.1. The zero-order valence-corrected chi connectivity index (χ0v) is 10.9. The Labute approximate surface area is 114 Å². The topological polar surface area (TPSA) is 55.6 Å². The molecule has 0 aromatic heterocycles. The molecular formula is C13H15F3N2O2. The predicted molar refractivity (Wildman–Crippen MR) is 65.6 cm³/mol. The lowest BCUT2D eigenvalue weighted by Crippen LogP contribution is -2.53. The van der Waals surface area contributed by atoms with Crippen LogP contribution in [-0.2, 0) is 4.74 Å². The second-order valence-electron chi connectivity index (χ2n) is 4.72. The summed E-state index contributed by atoms with van der Waals surface area (Å²) in [7, 11) is 0. The average Bonchev–Trinajstić information content (AvgIpc) is 2.45. The maximum Gasteiger partial charge on any atom is 0.257 e. The number of amides is 1. The van der Waals surface area contributed by atoms with E-state index in [1.807, 2.05) is 0 Å². The molecule has 2 atom stereocenters. The van der Waals surface area contributed by atoms with Crippen molar-refractivity contribution in [2.75, 3.05) is 19.7 Å². The van der Waals surface area contributed by atoms with Gasteiger partial charge in [-0.25, -0.2) is 13.2 Å². The minimum atomic E-state index is -1.65. The molecule has 4 nitrogen and oxygen atoms in total. The Morgan fingerprint density at radius 3 is 2.75 bits per heavy atom. The van der Waals surface area contributed by atoms with Crippen LogP contribution in [0.5, 0.6) is 0 Å². The lowest BCUT2D eigenvalue weighted by molar-refractivity contribution is -0.0427. The van der Waals surface area contributed by atoms with Crippen LogP contribution in [0.3, 0.4) is 0 Å². The van der Waals surface area contributed by atoms with Gasteiger partial charge in [-0.1, -0.05) is 0 Å². The molecule has 7 heteroatoms. The number of halogens is 3. The zero-order valence-electron chi connectivity index (χ0n) is 10.9. The molecule has 1 saturated heterocycles. The number of carbonyl (C=O) groups excluding carboxylic acids is 1. The first-order valence-electron chi connectivity index (χ1n) is 6.21. The summed E-state index contributed by atoms with van der Waals surface area (Å²) in [5.41, 5.74) is 4.98. The van der Waals surface area contributed by atoms with E-state index in [1.54, 1.807) is 6.92 Å². The molecule has 1 amide bonds. The highest BCUT2D eigenvalue weighted by Gasteiger charge is 2.31. The highest BCUT2D eigenvalue weighted by molar-refractivity contribution is 5.94. The Morgan fingerprint density at radius 2 is 2.10 bits per heavy atom. The van der Waals surface area contributed by atoms with E-state index < -0.39 is 28.9 Å². The molecule has 1 aliphatic rings. The molecule has 2 unspecified atom stereocenters. The highest BCUT2D eigenvalue weighted by atomic mass is 19.2. The Bertz CT molecular complexity index is 525. The van der Waals surface area contributed by atoms with Crippen molar-refractivity contribution in [2.45, 2.75) is 19.1 Å². The molecular weight excluding hydrogens is 273 g/mol. The lowest BCUT2D eigenvalue weighted by atomic mass is 10.1. The number of hydrogen-bond donors (Lipinski definition) is 1. The van der Waals surface area contributed by atoms with Gasteiger partial charge in [0.25, 0.3) is 5.91 Å². The molecule has 0 bridgehead atoms. The Kier molecular flexibility index (Phi) is 4.29. The van der Waals surface area contributed by atoms with Gasteiger partial charge in [-0.3, -0.25) is 4.79 Å². The minimum Gasteiger partial charge on any atom is -0.373 e. The van der Waals surface area contributed by atoms with Crippen molar-refractivity contribution in [2.24, 2.45) is 5.73 Å². The van der Waals surface area contributed by atoms with E-state index >= 15 is 0 Å². The summed E-state index contributed by atoms with van der Waals surface area (Å²) >= 11 is 0. The maximum absolute atomic E-state index is 13.7. The molecule has 0 spiro atoms. The number of rotatable bonds is 2. The second-order valence-corrected chi connectivity index (χ2v) is 4.72. The molecule has 1 aromatic carbocycles. The fraction of sp³-hybridized carbons (Fsp3) is 0.462. The molecule has 1 heterocycles. The van der Waals surface area contributed by atoms with Gasteiger partial charge in [0.15, 0.2) is 17.5 Å². The summed E-state index contributed by atoms with van der Waals surface area (Å²) in [5.74, 6) is -5.14. The average molecular weight is 288 g/mol. The number of hydrogen-bond acceptors (Lipinski definition) is 3. The van der Waals surface area contributed by atoms with Gasteiger partial charge in [0, 0.05) is 13.1 Å². The smallest absolute Gasteiger partial charge is 0.257 e. The normalized spacial score (nSPS) is 22.9. The Morgan fingerprint density at radius 1 is 1.40 bits per heavy atom. The molecule has 1 aromatic rings. The largest absolute Gasteiger partial charge is 0.373 e. The van der Waals surface area contributed by atoms with Gasteiger partial charge in [0.1, 0.15) is 0 Å². The summed E-state index contributed by atoms with van der Waals surface area (Å²) in [6, 6.07) is 1.38. The Hall–Kier alpha value is -1.60. The summed E-state index contributed by atoms with van der Waals surface area (Å²) in [6.45, 7) is 2.40. The van der Waals surface area contributed by atoms with Crippen LogP contribution in [-0.4, -0.2) is 42.6 Å². The monoisotopic (exact) mass is 288 g/mol. The van der Waals surface area contributed by atoms with Crippen LogP contribution in [0.25, 0.3) is 0 Å². The molecule has 2 rings (SSSR count). The van der Waals surface area contributed by atoms with E-state index in [1.165, 1.54) is 4.90 Å². The number of benzene rings is 1. The van der Waals surface area contributed by atoms with Crippen LogP contribution in [0.4, 0.5) is 13.2 Å². The van der Waals surface area contributed by atoms with E-state index in [2.05, 4.69) is 0 Å². The maximum atomic E-state index is 13.7.